The van der Waals surface area contributed by atoms with E-state index < -0.39 is 4.92 Å². The third-order valence-electron chi connectivity index (χ3n) is 1.72. The molecule has 0 spiro atoms. The van der Waals surface area contributed by atoms with E-state index in [-0.39, 0.29) is 17.2 Å². The van der Waals surface area contributed by atoms with Gasteiger partial charge in [-0.05, 0) is 18.2 Å². The Hall–Kier alpha value is -2.37. The highest BCUT2D eigenvalue weighted by Gasteiger charge is 2.02. The lowest BCUT2D eigenvalue weighted by Crippen LogP contribution is -2.05. The molecule has 6 nitrogen and oxygen atoms in total. The van der Waals surface area contributed by atoms with Gasteiger partial charge >= 0.3 is 0 Å². The Morgan fingerprint density at radius 2 is 2.25 bits per heavy atom. The average molecular weight is 222 g/mol. The van der Waals surface area contributed by atoms with Crippen LogP contribution in [0.1, 0.15) is 12.5 Å². The summed E-state index contributed by atoms with van der Waals surface area (Å²) < 4.78 is 0. The number of aromatic hydroxyl groups is 1. The molecular formula is C10H10N2O4. The molecule has 0 saturated carbocycles. The summed E-state index contributed by atoms with van der Waals surface area (Å²) in [4.78, 5) is 20.3. The van der Waals surface area contributed by atoms with Crippen LogP contribution in [0.25, 0.3) is 6.08 Å². The maximum absolute atomic E-state index is 10.8. The number of hydrogen-bond donors (Lipinski definition) is 2. The van der Waals surface area contributed by atoms with Crippen LogP contribution in [0.3, 0.4) is 0 Å². The molecule has 6 heteroatoms. The van der Waals surface area contributed by atoms with E-state index in [9.17, 15) is 20.0 Å². The SMILES string of the molecule is CC(=O)Nc1ccc(O)c(C=C[N+](=O)[O-])c1. The first-order valence-corrected chi connectivity index (χ1v) is 4.41. The van der Waals surface area contributed by atoms with Gasteiger partial charge in [0.15, 0.2) is 0 Å². The number of rotatable bonds is 3. The van der Waals surface area contributed by atoms with E-state index in [1.54, 1.807) is 0 Å². The van der Waals surface area contributed by atoms with Gasteiger partial charge in [0, 0.05) is 24.3 Å². The van der Waals surface area contributed by atoms with Crippen molar-refractivity contribution in [3.8, 4) is 5.75 Å². The Morgan fingerprint density at radius 3 is 2.81 bits per heavy atom. The maximum Gasteiger partial charge on any atom is 0.235 e. The number of benzene rings is 1. The molecule has 0 aliphatic rings. The molecule has 1 amide bonds. The minimum Gasteiger partial charge on any atom is -0.507 e. The number of anilines is 1. The van der Waals surface area contributed by atoms with E-state index >= 15 is 0 Å². The van der Waals surface area contributed by atoms with Crippen molar-refractivity contribution in [2.24, 2.45) is 0 Å². The van der Waals surface area contributed by atoms with Gasteiger partial charge in [-0.25, -0.2) is 0 Å². The summed E-state index contributed by atoms with van der Waals surface area (Å²) in [6.07, 6.45) is 1.87. The Balaban J connectivity index is 2.99. The molecule has 0 aliphatic heterocycles. The van der Waals surface area contributed by atoms with E-state index in [0.29, 0.717) is 11.9 Å². The fourth-order valence-corrected chi connectivity index (χ4v) is 1.11. The summed E-state index contributed by atoms with van der Waals surface area (Å²) in [5.41, 5.74) is 0.733. The van der Waals surface area contributed by atoms with E-state index in [4.69, 9.17) is 0 Å². The Kier molecular flexibility index (Phi) is 3.60. The summed E-state index contributed by atoms with van der Waals surface area (Å²) in [7, 11) is 0. The van der Waals surface area contributed by atoms with Gasteiger partial charge in [0.1, 0.15) is 5.75 Å². The number of nitro groups is 1. The molecule has 0 heterocycles. The van der Waals surface area contributed by atoms with E-state index in [2.05, 4.69) is 5.32 Å². The zero-order valence-corrected chi connectivity index (χ0v) is 8.51. The molecule has 2 N–H and O–H groups in total. The third kappa shape index (κ3) is 3.41. The van der Waals surface area contributed by atoms with Crippen molar-refractivity contribution < 1.29 is 14.8 Å². The third-order valence-corrected chi connectivity index (χ3v) is 1.72. The normalized spacial score (nSPS) is 10.3. The highest BCUT2D eigenvalue weighted by molar-refractivity contribution is 5.89. The minimum absolute atomic E-state index is 0.0906. The van der Waals surface area contributed by atoms with Crippen molar-refractivity contribution in [1.29, 1.82) is 0 Å². The van der Waals surface area contributed by atoms with Crippen molar-refractivity contribution in [3.05, 3.63) is 40.1 Å². The second kappa shape index (κ2) is 4.92. The van der Waals surface area contributed by atoms with Crippen LogP contribution < -0.4 is 5.32 Å². The predicted molar refractivity (Wildman–Crippen MR) is 58.4 cm³/mol. The second-order valence-corrected chi connectivity index (χ2v) is 3.06. The maximum atomic E-state index is 10.8. The first kappa shape index (κ1) is 11.7. The van der Waals surface area contributed by atoms with Gasteiger partial charge in [-0.1, -0.05) is 0 Å². The molecule has 0 atom stereocenters. The molecule has 0 saturated heterocycles. The highest BCUT2D eigenvalue weighted by Crippen LogP contribution is 2.22. The Morgan fingerprint density at radius 1 is 1.56 bits per heavy atom. The van der Waals surface area contributed by atoms with Crippen LogP contribution in [-0.4, -0.2) is 15.9 Å². The molecule has 84 valence electrons. The number of nitrogens with zero attached hydrogens (tertiary/aromatic N) is 1. The van der Waals surface area contributed by atoms with Crippen LogP contribution in [0.4, 0.5) is 5.69 Å². The number of hydrogen-bond acceptors (Lipinski definition) is 4. The summed E-state index contributed by atoms with van der Waals surface area (Å²) in [5.74, 6) is -0.345. The molecule has 0 radical (unpaired) electrons. The fraction of sp³-hybridized carbons (Fsp3) is 0.100. The predicted octanol–water partition coefficient (Wildman–Crippen LogP) is 1.60. The smallest absolute Gasteiger partial charge is 0.235 e. The van der Waals surface area contributed by atoms with Gasteiger partial charge in [0.2, 0.25) is 12.1 Å². The molecular weight excluding hydrogens is 212 g/mol. The number of amides is 1. The number of nitrogens with one attached hydrogen (secondary N) is 1. The van der Waals surface area contributed by atoms with Crippen molar-refractivity contribution in [1.82, 2.24) is 0 Å². The first-order chi connectivity index (χ1) is 7.49. The van der Waals surface area contributed by atoms with Gasteiger partial charge in [-0.3, -0.25) is 14.9 Å². The molecule has 1 rings (SSSR count). The van der Waals surface area contributed by atoms with E-state index in [1.165, 1.54) is 25.1 Å². The highest BCUT2D eigenvalue weighted by atomic mass is 16.6. The molecule has 0 aromatic heterocycles. The Bertz CT molecular complexity index is 454. The summed E-state index contributed by atoms with van der Waals surface area (Å²) in [5, 5.41) is 22.0. The summed E-state index contributed by atoms with van der Waals surface area (Å²) >= 11 is 0. The van der Waals surface area contributed by atoms with E-state index in [0.717, 1.165) is 6.08 Å². The zero-order chi connectivity index (χ0) is 12.1. The van der Waals surface area contributed by atoms with Gasteiger partial charge in [-0.15, -0.1) is 0 Å². The van der Waals surface area contributed by atoms with Gasteiger partial charge < -0.3 is 10.4 Å². The zero-order valence-electron chi connectivity index (χ0n) is 8.51. The fourth-order valence-electron chi connectivity index (χ4n) is 1.11. The first-order valence-electron chi connectivity index (χ1n) is 4.41. The quantitative estimate of drug-likeness (QED) is 0.461. The van der Waals surface area contributed by atoms with Crippen LogP contribution in [0.15, 0.2) is 24.4 Å². The number of phenolic OH excluding ortho intramolecular Hbond substituents is 1. The van der Waals surface area contributed by atoms with Gasteiger partial charge in [0.25, 0.3) is 0 Å². The number of carbonyl (C=O) groups excluding carboxylic acids is 1. The lowest BCUT2D eigenvalue weighted by molar-refractivity contribution is -0.400. The molecule has 0 aliphatic carbocycles. The monoisotopic (exact) mass is 222 g/mol. The summed E-state index contributed by atoms with van der Waals surface area (Å²) in [6.45, 7) is 1.35. The second-order valence-electron chi connectivity index (χ2n) is 3.06. The number of carbonyl (C=O) groups is 1. The molecule has 0 fully saturated rings. The molecule has 0 bridgehead atoms. The van der Waals surface area contributed by atoms with Crippen LogP contribution in [0.2, 0.25) is 0 Å². The van der Waals surface area contributed by atoms with Crippen molar-refractivity contribution in [2.45, 2.75) is 6.92 Å². The molecule has 0 unspecified atom stereocenters. The number of phenols is 1. The van der Waals surface area contributed by atoms with E-state index in [1.807, 2.05) is 0 Å². The van der Waals surface area contributed by atoms with Crippen molar-refractivity contribution in [3.63, 3.8) is 0 Å². The van der Waals surface area contributed by atoms with Crippen LogP contribution in [0.5, 0.6) is 5.75 Å². The average Bonchev–Trinajstić information content (AvgIpc) is 2.18. The van der Waals surface area contributed by atoms with Crippen molar-refractivity contribution >= 4 is 17.7 Å². The molecule has 16 heavy (non-hydrogen) atoms. The van der Waals surface area contributed by atoms with Crippen molar-refractivity contribution in [2.75, 3.05) is 5.32 Å². The molecule has 1 aromatic carbocycles. The van der Waals surface area contributed by atoms with Gasteiger partial charge in [-0.2, -0.15) is 0 Å². The largest absolute Gasteiger partial charge is 0.507 e. The summed E-state index contributed by atoms with van der Waals surface area (Å²) in [6, 6.07) is 4.29. The lowest BCUT2D eigenvalue weighted by Gasteiger charge is -2.04. The topological polar surface area (TPSA) is 92.5 Å². The van der Waals surface area contributed by atoms with Crippen LogP contribution >= 0.6 is 0 Å². The molecule has 1 aromatic rings. The van der Waals surface area contributed by atoms with Crippen LogP contribution in [0, 0.1) is 10.1 Å². The minimum atomic E-state index is -0.634. The lowest BCUT2D eigenvalue weighted by atomic mass is 10.1. The Labute approximate surface area is 91.4 Å². The van der Waals surface area contributed by atoms with Crippen LogP contribution in [-0.2, 0) is 4.79 Å². The standard InChI is InChI=1S/C10H10N2O4/c1-7(13)11-9-2-3-10(14)8(6-9)4-5-12(15)16/h2-6,14H,1H3,(H,11,13). The van der Waals surface area contributed by atoms with Gasteiger partial charge in [0.05, 0.1) is 4.92 Å².